The summed E-state index contributed by atoms with van der Waals surface area (Å²) in [6, 6.07) is 7.20. The van der Waals surface area contributed by atoms with Crippen molar-refractivity contribution in [3.63, 3.8) is 0 Å². The number of rotatable bonds is 7. The van der Waals surface area contributed by atoms with Crippen molar-refractivity contribution in [1.29, 1.82) is 0 Å². The molecular weight excluding hydrogens is 369 g/mol. The smallest absolute Gasteiger partial charge is 0.240 e. The number of hydrogen-bond acceptors (Lipinski definition) is 4. The van der Waals surface area contributed by atoms with Crippen molar-refractivity contribution in [3.8, 4) is 0 Å². The van der Waals surface area contributed by atoms with E-state index in [-0.39, 0.29) is 24.8 Å². The molecule has 0 radical (unpaired) electrons. The van der Waals surface area contributed by atoms with Gasteiger partial charge in [-0.3, -0.25) is 0 Å². The molecule has 0 bridgehead atoms. The zero-order valence-electron chi connectivity index (χ0n) is 14.3. The fraction of sp³-hybridized carbons (Fsp3) is 0.625. The van der Waals surface area contributed by atoms with E-state index in [2.05, 4.69) is 28.8 Å². The second kappa shape index (κ2) is 11.3. The molecule has 1 aromatic carbocycles. The van der Waals surface area contributed by atoms with Crippen molar-refractivity contribution in [2.45, 2.75) is 31.1 Å². The lowest BCUT2D eigenvalue weighted by atomic mass is 10.0. The average Bonchev–Trinajstić information content (AvgIpc) is 2.53. The molecule has 8 heteroatoms. The second-order valence-corrected chi connectivity index (χ2v) is 7.84. The fourth-order valence-electron chi connectivity index (χ4n) is 2.57. The molecule has 1 aliphatic heterocycles. The van der Waals surface area contributed by atoms with Crippen LogP contribution in [-0.2, 0) is 10.0 Å². The summed E-state index contributed by atoms with van der Waals surface area (Å²) in [6.45, 7) is 9.68. The van der Waals surface area contributed by atoms with Gasteiger partial charge in [-0.25, -0.2) is 13.1 Å². The van der Waals surface area contributed by atoms with Crippen LogP contribution < -0.4 is 10.0 Å². The van der Waals surface area contributed by atoms with Gasteiger partial charge in [-0.2, -0.15) is 0 Å². The minimum Gasteiger partial charge on any atom is -0.314 e. The Morgan fingerprint density at radius 3 is 2.50 bits per heavy atom. The number of benzene rings is 1. The molecule has 1 aromatic rings. The van der Waals surface area contributed by atoms with Crippen molar-refractivity contribution in [2.75, 3.05) is 39.3 Å². The zero-order chi connectivity index (χ0) is 16.0. The van der Waals surface area contributed by atoms with E-state index in [1.807, 2.05) is 12.1 Å². The van der Waals surface area contributed by atoms with E-state index < -0.39 is 10.0 Å². The van der Waals surface area contributed by atoms with Gasteiger partial charge in [0.25, 0.3) is 0 Å². The molecule has 0 atom stereocenters. The van der Waals surface area contributed by atoms with Gasteiger partial charge in [0.1, 0.15) is 0 Å². The quantitative estimate of drug-likeness (QED) is 0.692. The van der Waals surface area contributed by atoms with Gasteiger partial charge in [-0.1, -0.05) is 26.0 Å². The first-order valence-electron chi connectivity index (χ1n) is 8.02. The number of hydrogen-bond donors (Lipinski definition) is 2. The Morgan fingerprint density at radius 2 is 1.88 bits per heavy atom. The van der Waals surface area contributed by atoms with Crippen molar-refractivity contribution < 1.29 is 8.42 Å². The van der Waals surface area contributed by atoms with Gasteiger partial charge in [0.2, 0.25) is 10.0 Å². The van der Waals surface area contributed by atoms with Crippen LogP contribution >= 0.6 is 24.8 Å². The van der Waals surface area contributed by atoms with E-state index >= 15 is 0 Å². The summed E-state index contributed by atoms with van der Waals surface area (Å²) in [7, 11) is -3.40. The first-order chi connectivity index (χ1) is 10.5. The molecule has 5 nitrogen and oxygen atoms in total. The van der Waals surface area contributed by atoms with Gasteiger partial charge in [0.15, 0.2) is 0 Å². The third-order valence-electron chi connectivity index (χ3n) is 3.99. The van der Waals surface area contributed by atoms with E-state index in [1.165, 1.54) is 0 Å². The summed E-state index contributed by atoms with van der Waals surface area (Å²) < 4.78 is 27.4. The number of sulfonamides is 1. The highest BCUT2D eigenvalue weighted by molar-refractivity contribution is 7.89. The van der Waals surface area contributed by atoms with Crippen molar-refractivity contribution in [2.24, 2.45) is 0 Å². The van der Waals surface area contributed by atoms with Crippen LogP contribution in [-0.4, -0.2) is 52.6 Å². The van der Waals surface area contributed by atoms with E-state index in [1.54, 1.807) is 12.1 Å². The maximum atomic E-state index is 12.3. The molecule has 1 heterocycles. The number of nitrogens with one attached hydrogen (secondary N) is 2. The number of piperazine rings is 1. The molecule has 140 valence electrons. The Morgan fingerprint density at radius 1 is 1.21 bits per heavy atom. The highest BCUT2D eigenvalue weighted by Gasteiger charge is 2.15. The third kappa shape index (κ3) is 7.25. The molecule has 2 N–H and O–H groups in total. The summed E-state index contributed by atoms with van der Waals surface area (Å²) in [5, 5.41) is 3.31. The van der Waals surface area contributed by atoms with Crippen LogP contribution in [0.15, 0.2) is 29.2 Å². The predicted octanol–water partition coefficient (Wildman–Crippen LogP) is 2.23. The van der Waals surface area contributed by atoms with Crippen LogP contribution in [0.5, 0.6) is 0 Å². The first kappa shape index (κ1) is 23.6. The summed E-state index contributed by atoms with van der Waals surface area (Å²) in [6.07, 6.45) is 0.836. The maximum absolute atomic E-state index is 12.3. The van der Waals surface area contributed by atoms with Crippen LogP contribution in [0.3, 0.4) is 0 Å². The molecule has 24 heavy (non-hydrogen) atoms. The Kier molecular flexibility index (Phi) is 11.1. The predicted molar refractivity (Wildman–Crippen MR) is 104 cm³/mol. The monoisotopic (exact) mass is 397 g/mol. The molecule has 0 aromatic heterocycles. The molecule has 0 saturated carbocycles. The largest absolute Gasteiger partial charge is 0.314 e. The Hall–Kier alpha value is -0.370. The van der Waals surface area contributed by atoms with Gasteiger partial charge in [-0.15, -0.1) is 24.8 Å². The summed E-state index contributed by atoms with van der Waals surface area (Å²) in [5.74, 6) is 0.322. The molecule has 1 aliphatic rings. The van der Waals surface area contributed by atoms with Crippen LogP contribution in [0.1, 0.15) is 31.7 Å². The fourth-order valence-corrected chi connectivity index (χ4v) is 3.70. The minimum atomic E-state index is -3.40. The maximum Gasteiger partial charge on any atom is 0.240 e. The molecular formula is C16H29Cl2N3O2S. The molecule has 0 aliphatic carbocycles. The normalized spacial score (nSPS) is 15.6. The summed E-state index contributed by atoms with van der Waals surface area (Å²) in [5.41, 5.74) is 1.05. The van der Waals surface area contributed by atoms with E-state index in [9.17, 15) is 8.42 Å². The van der Waals surface area contributed by atoms with Gasteiger partial charge >= 0.3 is 0 Å². The van der Waals surface area contributed by atoms with Gasteiger partial charge < -0.3 is 10.2 Å². The minimum absolute atomic E-state index is 0. The summed E-state index contributed by atoms with van der Waals surface area (Å²) >= 11 is 0. The summed E-state index contributed by atoms with van der Waals surface area (Å²) in [4.78, 5) is 2.73. The van der Waals surface area contributed by atoms with Crippen molar-refractivity contribution >= 4 is 34.8 Å². The lowest BCUT2D eigenvalue weighted by Crippen LogP contribution is -2.44. The van der Waals surface area contributed by atoms with Crippen molar-refractivity contribution in [1.82, 2.24) is 14.9 Å². The van der Waals surface area contributed by atoms with Gasteiger partial charge in [0, 0.05) is 32.7 Å². The molecule has 2 rings (SSSR count). The van der Waals surface area contributed by atoms with Crippen LogP contribution in [0, 0.1) is 0 Å². The molecule has 1 saturated heterocycles. The van der Waals surface area contributed by atoms with E-state index in [4.69, 9.17) is 0 Å². The highest BCUT2D eigenvalue weighted by atomic mass is 35.5. The van der Waals surface area contributed by atoms with Gasteiger partial charge in [-0.05, 0) is 36.6 Å². The van der Waals surface area contributed by atoms with Crippen LogP contribution in [0.2, 0.25) is 0 Å². The molecule has 0 amide bonds. The number of nitrogens with zero attached hydrogens (tertiary/aromatic N) is 1. The zero-order valence-corrected chi connectivity index (χ0v) is 16.8. The lowest BCUT2D eigenvalue weighted by molar-refractivity contribution is 0.239. The molecule has 0 unspecified atom stereocenters. The first-order valence-corrected chi connectivity index (χ1v) is 9.50. The standard InChI is InChI=1S/C16H27N3O2S.2ClH/c1-14(2)15-5-3-6-16(13-15)22(20,21)18-7-4-10-19-11-8-17-9-12-19;;/h3,5-6,13-14,17-18H,4,7-12H2,1-2H3;2*1H. The topological polar surface area (TPSA) is 61.4 Å². The molecule has 1 fully saturated rings. The van der Waals surface area contributed by atoms with Gasteiger partial charge in [0.05, 0.1) is 4.90 Å². The Labute approximate surface area is 158 Å². The lowest BCUT2D eigenvalue weighted by Gasteiger charge is -2.27. The highest BCUT2D eigenvalue weighted by Crippen LogP contribution is 2.18. The Balaban J connectivity index is 0.00000264. The third-order valence-corrected chi connectivity index (χ3v) is 5.45. The van der Waals surface area contributed by atoms with Crippen LogP contribution in [0.4, 0.5) is 0 Å². The van der Waals surface area contributed by atoms with Crippen LogP contribution in [0.25, 0.3) is 0 Å². The second-order valence-electron chi connectivity index (χ2n) is 6.07. The SMILES string of the molecule is CC(C)c1cccc(S(=O)(=O)NCCCN2CCNCC2)c1.Cl.Cl. The van der Waals surface area contributed by atoms with Crippen molar-refractivity contribution in [3.05, 3.63) is 29.8 Å². The number of halogens is 2. The van der Waals surface area contributed by atoms with E-state index in [0.29, 0.717) is 17.4 Å². The average molecular weight is 398 g/mol. The Bertz CT molecular complexity index is 576. The molecule has 0 spiro atoms. The van der Waals surface area contributed by atoms with E-state index in [0.717, 1.165) is 44.7 Å².